The second-order valence-electron chi connectivity index (χ2n) is 10.5. The average molecular weight is 461 g/mol. The zero-order valence-electron chi connectivity index (χ0n) is 19.1. The van der Waals surface area contributed by atoms with Crippen LogP contribution in [0.1, 0.15) is 31.9 Å². The van der Waals surface area contributed by atoms with Gasteiger partial charge in [0.25, 0.3) is 0 Å². The number of halogens is 1. The second-order valence-corrected chi connectivity index (χ2v) is 10.5. The van der Waals surface area contributed by atoms with Gasteiger partial charge in [0.1, 0.15) is 11.4 Å². The molecule has 8 heteroatoms. The predicted molar refractivity (Wildman–Crippen MR) is 124 cm³/mol. The molecule has 0 saturated carbocycles. The molecular formula is C26H25FN4O3. The first-order valence-electron chi connectivity index (χ1n) is 11.4. The molecular weight excluding hydrogens is 435 g/mol. The lowest BCUT2D eigenvalue weighted by Gasteiger charge is -2.34. The normalized spacial score (nSPS) is 28.2. The van der Waals surface area contributed by atoms with Crippen molar-refractivity contribution in [1.82, 2.24) is 15.2 Å². The Bertz CT molecular complexity index is 1390. The van der Waals surface area contributed by atoms with E-state index < -0.39 is 46.6 Å². The number of amides is 3. The van der Waals surface area contributed by atoms with Crippen molar-refractivity contribution in [2.75, 3.05) is 5.32 Å². The highest BCUT2D eigenvalue weighted by Gasteiger charge is 2.71. The smallest absolute Gasteiger partial charge is 0.250 e. The summed E-state index contributed by atoms with van der Waals surface area (Å²) in [6, 6.07) is 11.4. The van der Waals surface area contributed by atoms with Gasteiger partial charge in [-0.3, -0.25) is 24.6 Å². The third-order valence-corrected chi connectivity index (χ3v) is 7.46. The quantitative estimate of drug-likeness (QED) is 0.513. The first-order chi connectivity index (χ1) is 16.1. The van der Waals surface area contributed by atoms with Crippen LogP contribution in [-0.4, -0.2) is 39.2 Å². The highest BCUT2D eigenvalue weighted by atomic mass is 19.1. The van der Waals surface area contributed by atoms with Crippen molar-refractivity contribution in [3.8, 4) is 0 Å². The van der Waals surface area contributed by atoms with E-state index in [0.717, 1.165) is 16.5 Å². The van der Waals surface area contributed by atoms with Gasteiger partial charge >= 0.3 is 0 Å². The Morgan fingerprint density at radius 2 is 1.82 bits per heavy atom. The SMILES string of the molecule is CC(C)(C)N1C(=O)[C@@H]2[C@H](Cc3c[nH]c4ccccc34)N[C@]3(C(=O)Nc4ccc(F)cc43)[C@@H]2C1=O. The van der Waals surface area contributed by atoms with Crippen LogP contribution in [0.2, 0.25) is 0 Å². The van der Waals surface area contributed by atoms with Crippen molar-refractivity contribution in [3.05, 3.63) is 65.6 Å². The summed E-state index contributed by atoms with van der Waals surface area (Å²) in [5.41, 5.74) is 0.538. The molecule has 3 N–H and O–H groups in total. The van der Waals surface area contributed by atoms with Crippen molar-refractivity contribution < 1.29 is 18.8 Å². The first-order valence-corrected chi connectivity index (χ1v) is 11.4. The molecule has 1 spiro atoms. The molecule has 6 rings (SSSR count). The third-order valence-electron chi connectivity index (χ3n) is 7.46. The lowest BCUT2D eigenvalue weighted by molar-refractivity contribution is -0.147. The number of rotatable bonds is 2. The van der Waals surface area contributed by atoms with Crippen LogP contribution in [0.5, 0.6) is 0 Å². The zero-order chi connectivity index (χ0) is 24.0. The maximum absolute atomic E-state index is 14.4. The highest BCUT2D eigenvalue weighted by Crippen LogP contribution is 2.54. The molecule has 7 nitrogen and oxygen atoms in total. The molecule has 0 bridgehead atoms. The fourth-order valence-corrected chi connectivity index (χ4v) is 6.15. The fraction of sp³-hybridized carbons (Fsp3) is 0.346. The molecule has 3 aliphatic heterocycles. The van der Waals surface area contributed by atoms with E-state index in [2.05, 4.69) is 15.6 Å². The summed E-state index contributed by atoms with van der Waals surface area (Å²) >= 11 is 0. The van der Waals surface area contributed by atoms with Gasteiger partial charge < -0.3 is 10.3 Å². The zero-order valence-corrected chi connectivity index (χ0v) is 19.1. The Kier molecular flexibility index (Phi) is 4.18. The largest absolute Gasteiger partial charge is 0.361 e. The predicted octanol–water partition coefficient (Wildman–Crippen LogP) is 3.07. The number of nitrogens with one attached hydrogen (secondary N) is 3. The maximum atomic E-state index is 14.4. The monoisotopic (exact) mass is 460 g/mol. The minimum Gasteiger partial charge on any atom is -0.361 e. The number of likely N-dealkylation sites (tertiary alicyclic amines) is 1. The minimum atomic E-state index is -1.51. The topological polar surface area (TPSA) is 94.3 Å². The number of para-hydroxylation sites is 1. The van der Waals surface area contributed by atoms with E-state index in [1.165, 1.54) is 23.1 Å². The van der Waals surface area contributed by atoms with E-state index in [-0.39, 0.29) is 5.91 Å². The van der Waals surface area contributed by atoms with Gasteiger partial charge in [0.15, 0.2) is 0 Å². The molecule has 4 atom stereocenters. The Morgan fingerprint density at radius 3 is 2.59 bits per heavy atom. The van der Waals surface area contributed by atoms with Gasteiger partial charge in [0.2, 0.25) is 17.7 Å². The van der Waals surface area contributed by atoms with Crippen molar-refractivity contribution >= 4 is 34.3 Å². The summed E-state index contributed by atoms with van der Waals surface area (Å²) in [6.07, 6.45) is 2.33. The number of hydrogen-bond donors (Lipinski definition) is 3. The Morgan fingerprint density at radius 1 is 1.06 bits per heavy atom. The lowest BCUT2D eigenvalue weighted by atomic mass is 9.76. The van der Waals surface area contributed by atoms with Gasteiger partial charge in [-0.1, -0.05) is 18.2 Å². The van der Waals surface area contributed by atoms with E-state index in [1.54, 1.807) is 20.8 Å². The third kappa shape index (κ3) is 2.63. The maximum Gasteiger partial charge on any atom is 0.250 e. The summed E-state index contributed by atoms with van der Waals surface area (Å²) in [6.45, 7) is 5.42. The van der Waals surface area contributed by atoms with Gasteiger partial charge in [-0.05, 0) is 57.0 Å². The van der Waals surface area contributed by atoms with Gasteiger partial charge in [-0.15, -0.1) is 0 Å². The Hall–Kier alpha value is -3.52. The van der Waals surface area contributed by atoms with Crippen molar-refractivity contribution in [3.63, 3.8) is 0 Å². The number of hydrogen-bond acceptors (Lipinski definition) is 4. The minimum absolute atomic E-state index is 0.297. The van der Waals surface area contributed by atoms with Gasteiger partial charge in [0, 0.05) is 39.9 Å². The molecule has 0 aliphatic carbocycles. The molecule has 2 fully saturated rings. The number of carbonyl (C=O) groups excluding carboxylic acids is 3. The van der Waals surface area contributed by atoms with Gasteiger partial charge in [-0.25, -0.2) is 4.39 Å². The summed E-state index contributed by atoms with van der Waals surface area (Å²) in [4.78, 5) is 45.5. The fourth-order valence-electron chi connectivity index (χ4n) is 6.15. The molecule has 4 heterocycles. The molecule has 3 amide bonds. The molecule has 2 saturated heterocycles. The van der Waals surface area contributed by atoms with E-state index in [9.17, 15) is 18.8 Å². The number of H-pyrrole nitrogens is 1. The number of carbonyl (C=O) groups is 3. The number of fused-ring (bicyclic) bond motifs is 5. The van der Waals surface area contributed by atoms with Crippen LogP contribution in [0.4, 0.5) is 10.1 Å². The number of aromatic amines is 1. The molecule has 3 aliphatic rings. The molecule has 3 aromatic rings. The van der Waals surface area contributed by atoms with Crippen LogP contribution in [0, 0.1) is 17.7 Å². The lowest BCUT2D eigenvalue weighted by Crippen LogP contribution is -2.56. The summed E-state index contributed by atoms with van der Waals surface area (Å²) in [5, 5.41) is 7.21. The molecule has 174 valence electrons. The number of benzene rings is 2. The Balaban J connectivity index is 1.51. The highest BCUT2D eigenvalue weighted by molar-refractivity contribution is 6.15. The summed E-state index contributed by atoms with van der Waals surface area (Å²) < 4.78 is 14.4. The van der Waals surface area contributed by atoms with Crippen molar-refractivity contribution in [2.45, 2.75) is 44.3 Å². The van der Waals surface area contributed by atoms with Gasteiger partial charge in [0.05, 0.1) is 11.8 Å². The van der Waals surface area contributed by atoms with E-state index in [0.29, 0.717) is 17.7 Å². The van der Waals surface area contributed by atoms with Crippen molar-refractivity contribution in [1.29, 1.82) is 0 Å². The standard InChI is InChI=1S/C26H25FN4O3/c1-25(2,3)31-22(32)20-19(10-13-12-28-17-7-5-4-6-15(13)17)30-26(21(20)23(31)33)16-11-14(27)8-9-18(16)29-24(26)34/h4-9,11-12,19-21,28,30H,10H2,1-3H3,(H,29,34)/t19-,20+,21-,26-/m0/s1. The van der Waals surface area contributed by atoms with Crippen LogP contribution in [0.15, 0.2) is 48.7 Å². The Labute approximate surface area is 195 Å². The molecule has 0 unspecified atom stereocenters. The second kappa shape index (κ2) is 6.76. The van der Waals surface area contributed by atoms with Crippen LogP contribution in [-0.2, 0) is 26.3 Å². The number of nitrogens with zero attached hydrogens (tertiary/aromatic N) is 1. The van der Waals surface area contributed by atoms with E-state index in [4.69, 9.17) is 0 Å². The summed E-state index contributed by atoms with van der Waals surface area (Å²) in [7, 11) is 0. The molecule has 2 aromatic carbocycles. The van der Waals surface area contributed by atoms with Crippen molar-refractivity contribution in [2.24, 2.45) is 11.8 Å². The van der Waals surface area contributed by atoms with Crippen LogP contribution in [0.3, 0.4) is 0 Å². The van der Waals surface area contributed by atoms with Crippen LogP contribution in [0.25, 0.3) is 10.9 Å². The van der Waals surface area contributed by atoms with Crippen LogP contribution < -0.4 is 10.6 Å². The first kappa shape index (κ1) is 21.0. The average Bonchev–Trinajstić information content (AvgIpc) is 3.47. The van der Waals surface area contributed by atoms with Crippen LogP contribution >= 0.6 is 0 Å². The molecule has 34 heavy (non-hydrogen) atoms. The van der Waals surface area contributed by atoms with Gasteiger partial charge in [-0.2, -0.15) is 0 Å². The molecule has 0 radical (unpaired) electrons. The number of imide groups is 1. The number of anilines is 1. The van der Waals surface area contributed by atoms with E-state index in [1.807, 2.05) is 30.5 Å². The molecule has 1 aromatic heterocycles. The number of aromatic nitrogens is 1. The van der Waals surface area contributed by atoms with E-state index >= 15 is 0 Å². The summed E-state index contributed by atoms with van der Waals surface area (Å²) in [5.74, 6) is -3.34.